The fourth-order valence-corrected chi connectivity index (χ4v) is 5.06. The lowest BCUT2D eigenvalue weighted by molar-refractivity contribution is 0.311. The smallest absolute Gasteiger partial charge is 0.193 e. The molecule has 3 aliphatic rings. The number of sulfone groups is 1. The molecule has 2 aliphatic heterocycles. The van der Waals surface area contributed by atoms with E-state index in [0.717, 1.165) is 18.5 Å². The molecule has 2 heterocycles. The summed E-state index contributed by atoms with van der Waals surface area (Å²) in [5.41, 5.74) is 0. The summed E-state index contributed by atoms with van der Waals surface area (Å²) < 4.78 is 23.6. The van der Waals surface area contributed by atoms with Crippen molar-refractivity contribution in [3.8, 4) is 0 Å². The average Bonchev–Trinajstić information content (AvgIpc) is 3.23. The van der Waals surface area contributed by atoms with Gasteiger partial charge in [-0.05, 0) is 45.6 Å². The summed E-state index contributed by atoms with van der Waals surface area (Å²) in [5, 5.41) is 3.48. The largest absolute Gasteiger partial charge is 0.356 e. The van der Waals surface area contributed by atoms with Crippen molar-refractivity contribution in [3.05, 3.63) is 0 Å². The van der Waals surface area contributed by atoms with Crippen LogP contribution in [0.1, 0.15) is 33.1 Å². The number of hydrogen-bond acceptors (Lipinski definition) is 4. The van der Waals surface area contributed by atoms with Crippen molar-refractivity contribution in [3.63, 3.8) is 0 Å². The highest BCUT2D eigenvalue weighted by Gasteiger charge is 2.41. The van der Waals surface area contributed by atoms with Crippen LogP contribution in [0.2, 0.25) is 0 Å². The SMILES string of the molecule is CN=C(NCC1CCN(C2CC2)C1)N1CCS(=O)(=O)C(C)(C)C1. The minimum atomic E-state index is -3.01. The van der Waals surface area contributed by atoms with Crippen molar-refractivity contribution < 1.29 is 8.42 Å². The molecule has 132 valence electrons. The van der Waals surface area contributed by atoms with E-state index in [1.165, 1.54) is 32.4 Å². The Labute approximate surface area is 140 Å². The molecule has 1 aliphatic carbocycles. The molecule has 2 saturated heterocycles. The molecule has 23 heavy (non-hydrogen) atoms. The minimum absolute atomic E-state index is 0.208. The average molecular weight is 343 g/mol. The fraction of sp³-hybridized carbons (Fsp3) is 0.938. The van der Waals surface area contributed by atoms with Gasteiger partial charge in [0.05, 0.1) is 10.5 Å². The third-order valence-corrected chi connectivity index (χ3v) is 8.02. The molecule has 0 aromatic heterocycles. The summed E-state index contributed by atoms with van der Waals surface area (Å²) in [6, 6.07) is 0.854. The van der Waals surface area contributed by atoms with Crippen LogP contribution < -0.4 is 5.32 Å². The highest BCUT2D eigenvalue weighted by molar-refractivity contribution is 7.92. The van der Waals surface area contributed by atoms with Crippen molar-refractivity contribution in [2.75, 3.05) is 45.5 Å². The normalized spacial score (nSPS) is 31.3. The van der Waals surface area contributed by atoms with E-state index in [1.54, 1.807) is 7.05 Å². The van der Waals surface area contributed by atoms with Crippen molar-refractivity contribution in [1.29, 1.82) is 0 Å². The minimum Gasteiger partial charge on any atom is -0.356 e. The second-order valence-corrected chi connectivity index (χ2v) is 10.6. The van der Waals surface area contributed by atoms with Crippen LogP contribution in [-0.4, -0.2) is 80.5 Å². The highest BCUT2D eigenvalue weighted by Crippen LogP contribution is 2.31. The molecule has 1 atom stereocenters. The summed E-state index contributed by atoms with van der Waals surface area (Å²) in [6.45, 7) is 8.01. The van der Waals surface area contributed by atoms with Gasteiger partial charge in [0.15, 0.2) is 15.8 Å². The Hall–Kier alpha value is -0.820. The summed E-state index contributed by atoms with van der Waals surface area (Å²) in [4.78, 5) is 9.08. The molecule has 7 heteroatoms. The third kappa shape index (κ3) is 3.65. The quantitative estimate of drug-likeness (QED) is 0.600. The summed E-state index contributed by atoms with van der Waals surface area (Å²) >= 11 is 0. The Morgan fingerprint density at radius 1 is 1.26 bits per heavy atom. The first-order valence-corrected chi connectivity index (χ1v) is 10.4. The molecule has 0 aromatic carbocycles. The number of guanidine groups is 1. The van der Waals surface area contributed by atoms with Crippen LogP contribution in [0.15, 0.2) is 4.99 Å². The van der Waals surface area contributed by atoms with Gasteiger partial charge in [0.25, 0.3) is 0 Å². The lowest BCUT2D eigenvalue weighted by Gasteiger charge is -2.39. The topological polar surface area (TPSA) is 65.0 Å². The van der Waals surface area contributed by atoms with E-state index in [9.17, 15) is 8.42 Å². The van der Waals surface area contributed by atoms with Crippen LogP contribution in [-0.2, 0) is 9.84 Å². The van der Waals surface area contributed by atoms with Gasteiger partial charge in [-0.2, -0.15) is 0 Å². The first-order valence-electron chi connectivity index (χ1n) is 8.74. The van der Waals surface area contributed by atoms with E-state index in [2.05, 4.69) is 20.1 Å². The molecule has 1 saturated carbocycles. The zero-order chi connectivity index (χ0) is 16.7. The molecule has 1 N–H and O–H groups in total. The van der Waals surface area contributed by atoms with E-state index in [4.69, 9.17) is 0 Å². The fourth-order valence-electron chi connectivity index (χ4n) is 3.69. The molecule has 3 rings (SSSR count). The highest BCUT2D eigenvalue weighted by atomic mass is 32.2. The van der Waals surface area contributed by atoms with Gasteiger partial charge in [-0.1, -0.05) is 0 Å². The number of rotatable bonds is 3. The monoisotopic (exact) mass is 342 g/mol. The predicted octanol–water partition coefficient (Wildman–Crippen LogP) is 0.555. The zero-order valence-electron chi connectivity index (χ0n) is 14.6. The maximum absolute atomic E-state index is 12.1. The predicted molar refractivity (Wildman–Crippen MR) is 93.5 cm³/mol. The number of aliphatic imine (C=N–C) groups is 1. The Balaban J connectivity index is 1.52. The zero-order valence-corrected chi connectivity index (χ0v) is 15.4. The standard InChI is InChI=1S/C16H30N4O2S/c1-16(2)12-20(8-9-23(16,21)22)15(17-3)18-10-13-6-7-19(11-13)14-4-5-14/h13-14H,4-12H2,1-3H3,(H,17,18). The van der Waals surface area contributed by atoms with Crippen LogP contribution in [0.5, 0.6) is 0 Å². The molecule has 0 radical (unpaired) electrons. The second-order valence-electron chi connectivity index (χ2n) is 7.81. The maximum atomic E-state index is 12.1. The molecular weight excluding hydrogens is 312 g/mol. The molecule has 3 fully saturated rings. The second kappa shape index (κ2) is 6.24. The van der Waals surface area contributed by atoms with Crippen LogP contribution in [0.4, 0.5) is 0 Å². The van der Waals surface area contributed by atoms with Crippen LogP contribution in [0, 0.1) is 5.92 Å². The molecule has 6 nitrogen and oxygen atoms in total. The first-order chi connectivity index (χ1) is 10.8. The van der Waals surface area contributed by atoms with Gasteiger partial charge in [-0.15, -0.1) is 0 Å². The molecule has 0 aromatic rings. The van der Waals surface area contributed by atoms with Gasteiger partial charge in [-0.3, -0.25) is 4.99 Å². The van der Waals surface area contributed by atoms with Crippen LogP contribution in [0.25, 0.3) is 0 Å². The van der Waals surface area contributed by atoms with Crippen LogP contribution >= 0.6 is 0 Å². The lowest BCUT2D eigenvalue weighted by Crippen LogP contribution is -2.57. The number of nitrogens with zero attached hydrogens (tertiary/aromatic N) is 3. The van der Waals surface area contributed by atoms with E-state index >= 15 is 0 Å². The van der Waals surface area contributed by atoms with Crippen molar-refractivity contribution in [2.45, 2.75) is 43.9 Å². The molecule has 0 spiro atoms. The van der Waals surface area contributed by atoms with E-state index in [1.807, 2.05) is 13.8 Å². The third-order valence-electron chi connectivity index (χ3n) is 5.48. The first kappa shape index (κ1) is 17.0. The molecule has 1 unspecified atom stereocenters. The summed E-state index contributed by atoms with van der Waals surface area (Å²) in [6.07, 6.45) is 4.00. The van der Waals surface area contributed by atoms with Crippen molar-refractivity contribution >= 4 is 15.8 Å². The van der Waals surface area contributed by atoms with Gasteiger partial charge in [0.1, 0.15) is 0 Å². The summed E-state index contributed by atoms with van der Waals surface area (Å²) in [7, 11) is -1.23. The van der Waals surface area contributed by atoms with Gasteiger partial charge in [0, 0.05) is 39.3 Å². The Bertz CT molecular complexity index is 569. The maximum Gasteiger partial charge on any atom is 0.193 e. The summed E-state index contributed by atoms with van der Waals surface area (Å²) in [5.74, 6) is 1.73. The van der Waals surface area contributed by atoms with Crippen molar-refractivity contribution in [1.82, 2.24) is 15.1 Å². The van der Waals surface area contributed by atoms with Crippen molar-refractivity contribution in [2.24, 2.45) is 10.9 Å². The van der Waals surface area contributed by atoms with Gasteiger partial charge in [0.2, 0.25) is 0 Å². The molecule has 0 amide bonds. The number of nitrogens with one attached hydrogen (secondary N) is 1. The number of hydrogen-bond donors (Lipinski definition) is 1. The molecule has 0 bridgehead atoms. The van der Waals surface area contributed by atoms with E-state index in [-0.39, 0.29) is 5.75 Å². The van der Waals surface area contributed by atoms with E-state index < -0.39 is 14.6 Å². The molecular formula is C16H30N4O2S. The van der Waals surface area contributed by atoms with Gasteiger partial charge < -0.3 is 15.1 Å². The van der Waals surface area contributed by atoms with Gasteiger partial charge in [-0.25, -0.2) is 8.42 Å². The lowest BCUT2D eigenvalue weighted by atomic mass is 10.1. The van der Waals surface area contributed by atoms with Crippen LogP contribution in [0.3, 0.4) is 0 Å². The van der Waals surface area contributed by atoms with E-state index in [0.29, 0.717) is 19.0 Å². The Kier molecular flexibility index (Phi) is 4.62. The Morgan fingerprint density at radius 2 is 2.00 bits per heavy atom. The van der Waals surface area contributed by atoms with Gasteiger partial charge >= 0.3 is 0 Å². The Morgan fingerprint density at radius 3 is 2.61 bits per heavy atom. The number of likely N-dealkylation sites (tertiary alicyclic amines) is 1.